The molecular formula is C23H31N3O4S. The molecule has 1 aliphatic carbocycles. The highest BCUT2D eigenvalue weighted by molar-refractivity contribution is 8.01. The second-order valence-electron chi connectivity index (χ2n) is 9.27. The van der Waals surface area contributed by atoms with Gasteiger partial charge in [0.15, 0.2) is 0 Å². The summed E-state index contributed by atoms with van der Waals surface area (Å²) >= 11 is 1.53. The van der Waals surface area contributed by atoms with Crippen molar-refractivity contribution in [2.24, 2.45) is 11.7 Å². The third-order valence-corrected chi connectivity index (χ3v) is 8.16. The van der Waals surface area contributed by atoms with Crippen molar-refractivity contribution >= 4 is 29.5 Å². The Morgan fingerprint density at radius 1 is 1.23 bits per heavy atom. The normalized spacial score (nSPS) is 28.4. The van der Waals surface area contributed by atoms with Crippen LogP contribution in [0.1, 0.15) is 57.6 Å². The standard InChI is InChI=1S/C23H31N3O4S/c1-23(2)18(22(29)30-13-14-9-5-3-6-10-14)26-20(28)17(21(26)31-23)25-19(27)16(24)15-11-7-4-8-12-15/h4,7-8,11-12,14,16-18,21H,3,5-6,9-10,13,24H2,1-2H3,(H,25,27)/t16-,17-,18+,21-/m1/s1. The lowest BCUT2D eigenvalue weighted by Gasteiger charge is -2.44. The number of ether oxygens (including phenoxy) is 1. The van der Waals surface area contributed by atoms with Crippen LogP contribution in [-0.4, -0.2) is 51.5 Å². The van der Waals surface area contributed by atoms with Gasteiger partial charge >= 0.3 is 5.97 Å². The van der Waals surface area contributed by atoms with Crippen LogP contribution in [0.15, 0.2) is 30.3 Å². The molecule has 2 amide bonds. The Kier molecular flexibility index (Phi) is 6.30. The first-order chi connectivity index (χ1) is 14.8. The topological polar surface area (TPSA) is 102 Å². The molecule has 7 nitrogen and oxygen atoms in total. The fourth-order valence-corrected chi connectivity index (χ4v) is 6.43. The minimum absolute atomic E-state index is 0.253. The van der Waals surface area contributed by atoms with Crippen molar-refractivity contribution in [2.75, 3.05) is 6.61 Å². The molecule has 8 heteroatoms. The van der Waals surface area contributed by atoms with Crippen LogP contribution in [0, 0.1) is 5.92 Å². The number of carbonyl (C=O) groups excluding carboxylic acids is 3. The summed E-state index contributed by atoms with van der Waals surface area (Å²) in [5.74, 6) is -0.573. The predicted molar refractivity (Wildman–Crippen MR) is 119 cm³/mol. The Morgan fingerprint density at radius 3 is 2.58 bits per heavy atom. The first-order valence-electron chi connectivity index (χ1n) is 11.1. The number of β-lactam (4-membered cyclic amide) rings is 1. The van der Waals surface area contributed by atoms with Gasteiger partial charge in [0.05, 0.1) is 6.61 Å². The van der Waals surface area contributed by atoms with Crippen molar-refractivity contribution in [1.29, 1.82) is 0 Å². The summed E-state index contributed by atoms with van der Waals surface area (Å²) in [4.78, 5) is 40.0. The fraction of sp³-hybridized carbons (Fsp3) is 0.609. The molecule has 31 heavy (non-hydrogen) atoms. The molecule has 1 saturated carbocycles. The van der Waals surface area contributed by atoms with E-state index in [1.54, 1.807) is 17.0 Å². The molecule has 3 aliphatic rings. The lowest BCUT2D eigenvalue weighted by atomic mass is 9.90. The van der Waals surface area contributed by atoms with Gasteiger partial charge in [-0.05, 0) is 38.2 Å². The Labute approximate surface area is 187 Å². The highest BCUT2D eigenvalue weighted by atomic mass is 32.2. The highest BCUT2D eigenvalue weighted by Gasteiger charge is 2.64. The number of thioether (sulfide) groups is 1. The summed E-state index contributed by atoms with van der Waals surface area (Å²) in [5.41, 5.74) is 6.76. The van der Waals surface area contributed by atoms with E-state index in [-0.39, 0.29) is 17.3 Å². The zero-order valence-corrected chi connectivity index (χ0v) is 18.9. The Morgan fingerprint density at radius 2 is 1.90 bits per heavy atom. The largest absolute Gasteiger partial charge is 0.464 e. The maximum atomic E-state index is 12.9. The predicted octanol–water partition coefficient (Wildman–Crippen LogP) is 2.36. The van der Waals surface area contributed by atoms with Crippen molar-refractivity contribution < 1.29 is 19.1 Å². The summed E-state index contributed by atoms with van der Waals surface area (Å²) in [6.07, 6.45) is 5.81. The number of nitrogens with zero attached hydrogens (tertiary/aromatic N) is 1. The summed E-state index contributed by atoms with van der Waals surface area (Å²) in [7, 11) is 0. The van der Waals surface area contributed by atoms with Crippen molar-refractivity contribution in [1.82, 2.24) is 10.2 Å². The molecule has 0 bridgehead atoms. The molecule has 4 atom stereocenters. The molecule has 2 saturated heterocycles. The molecule has 3 fully saturated rings. The Bertz CT molecular complexity index is 840. The van der Waals surface area contributed by atoms with Gasteiger partial charge in [-0.15, -0.1) is 11.8 Å². The van der Waals surface area contributed by atoms with Gasteiger partial charge in [0.2, 0.25) is 11.8 Å². The van der Waals surface area contributed by atoms with Gasteiger partial charge in [0.1, 0.15) is 23.5 Å². The molecule has 0 unspecified atom stereocenters. The van der Waals surface area contributed by atoms with Gasteiger partial charge in [0, 0.05) is 4.75 Å². The van der Waals surface area contributed by atoms with Crippen LogP contribution in [-0.2, 0) is 19.1 Å². The molecule has 3 N–H and O–H groups in total. The summed E-state index contributed by atoms with van der Waals surface area (Å²) in [5, 5.41) is 2.50. The average Bonchev–Trinajstić information content (AvgIpc) is 3.04. The van der Waals surface area contributed by atoms with Crippen molar-refractivity contribution in [3.8, 4) is 0 Å². The van der Waals surface area contributed by atoms with E-state index in [1.807, 2.05) is 32.0 Å². The van der Waals surface area contributed by atoms with Gasteiger partial charge in [-0.25, -0.2) is 4.79 Å². The Hall–Kier alpha value is -2.06. The van der Waals surface area contributed by atoms with E-state index in [0.717, 1.165) is 12.8 Å². The van der Waals surface area contributed by atoms with E-state index in [1.165, 1.54) is 31.0 Å². The highest BCUT2D eigenvalue weighted by Crippen LogP contribution is 2.51. The van der Waals surface area contributed by atoms with Crippen LogP contribution in [0.5, 0.6) is 0 Å². The van der Waals surface area contributed by atoms with Gasteiger partial charge in [-0.2, -0.15) is 0 Å². The molecule has 0 aromatic heterocycles. The first-order valence-corrected chi connectivity index (χ1v) is 11.9. The van der Waals surface area contributed by atoms with E-state index in [2.05, 4.69) is 5.32 Å². The molecule has 1 aromatic carbocycles. The molecule has 1 aromatic rings. The summed E-state index contributed by atoms with van der Waals surface area (Å²) in [6.45, 7) is 4.32. The number of esters is 1. The van der Waals surface area contributed by atoms with E-state index in [0.29, 0.717) is 18.1 Å². The maximum Gasteiger partial charge on any atom is 0.330 e. The van der Waals surface area contributed by atoms with Crippen LogP contribution >= 0.6 is 11.8 Å². The van der Waals surface area contributed by atoms with Crippen LogP contribution < -0.4 is 11.1 Å². The van der Waals surface area contributed by atoms with Crippen LogP contribution in [0.2, 0.25) is 0 Å². The maximum absolute atomic E-state index is 12.9. The van der Waals surface area contributed by atoms with Crippen LogP contribution in [0.3, 0.4) is 0 Å². The fourth-order valence-electron chi connectivity index (χ4n) is 4.81. The molecule has 2 aliphatic heterocycles. The number of nitrogens with one attached hydrogen (secondary N) is 1. The van der Waals surface area contributed by atoms with Crippen LogP contribution in [0.4, 0.5) is 0 Å². The van der Waals surface area contributed by atoms with Gasteiger partial charge in [-0.1, -0.05) is 49.6 Å². The molecule has 4 rings (SSSR count). The minimum atomic E-state index is -0.848. The number of carbonyl (C=O) groups is 3. The zero-order valence-electron chi connectivity index (χ0n) is 18.1. The molecular weight excluding hydrogens is 414 g/mol. The summed E-state index contributed by atoms with van der Waals surface area (Å²) < 4.78 is 5.17. The number of amides is 2. The van der Waals surface area contributed by atoms with E-state index >= 15 is 0 Å². The minimum Gasteiger partial charge on any atom is -0.464 e. The quantitative estimate of drug-likeness (QED) is 0.515. The van der Waals surface area contributed by atoms with Gasteiger partial charge < -0.3 is 20.7 Å². The summed E-state index contributed by atoms with van der Waals surface area (Å²) in [6, 6.07) is 6.88. The van der Waals surface area contributed by atoms with E-state index in [9.17, 15) is 14.4 Å². The second-order valence-corrected chi connectivity index (χ2v) is 11.0. The first kappa shape index (κ1) is 22.1. The lowest BCUT2D eigenvalue weighted by molar-refractivity contribution is -0.165. The third-order valence-electron chi connectivity index (χ3n) is 6.59. The zero-order chi connectivity index (χ0) is 22.2. The number of nitrogens with two attached hydrogens (primary N) is 1. The monoisotopic (exact) mass is 445 g/mol. The number of fused-ring (bicyclic) bond motifs is 1. The van der Waals surface area contributed by atoms with Crippen molar-refractivity contribution in [3.63, 3.8) is 0 Å². The average molecular weight is 446 g/mol. The number of hydrogen-bond acceptors (Lipinski definition) is 6. The van der Waals surface area contributed by atoms with Crippen molar-refractivity contribution in [2.45, 2.75) is 74.2 Å². The molecule has 168 valence electrons. The van der Waals surface area contributed by atoms with Gasteiger partial charge in [0.25, 0.3) is 0 Å². The third kappa shape index (κ3) is 4.32. The molecule has 0 radical (unpaired) electrons. The number of hydrogen-bond donors (Lipinski definition) is 2. The second kappa shape index (κ2) is 8.82. The lowest BCUT2D eigenvalue weighted by Crippen LogP contribution is -2.71. The Balaban J connectivity index is 1.37. The SMILES string of the molecule is CC1(C)S[C@@H]2[C@H](NC(=O)[C@H](N)c3ccccc3)C(=O)N2[C@H]1C(=O)OCC1CCCCC1. The number of benzene rings is 1. The molecule has 2 heterocycles. The smallest absolute Gasteiger partial charge is 0.330 e. The van der Waals surface area contributed by atoms with Crippen molar-refractivity contribution in [3.05, 3.63) is 35.9 Å². The van der Waals surface area contributed by atoms with E-state index < -0.39 is 28.8 Å². The number of rotatable bonds is 6. The van der Waals surface area contributed by atoms with Crippen LogP contribution in [0.25, 0.3) is 0 Å². The van der Waals surface area contributed by atoms with Gasteiger partial charge in [-0.3, -0.25) is 9.59 Å². The molecule has 0 spiro atoms. The van der Waals surface area contributed by atoms with E-state index in [4.69, 9.17) is 10.5 Å².